The van der Waals surface area contributed by atoms with E-state index in [4.69, 9.17) is 0 Å². The first-order valence-corrected chi connectivity index (χ1v) is 12.6. The highest BCUT2D eigenvalue weighted by Gasteiger charge is 2.33. The van der Waals surface area contributed by atoms with Crippen molar-refractivity contribution < 1.29 is 9.90 Å². The van der Waals surface area contributed by atoms with Gasteiger partial charge in [0.1, 0.15) is 0 Å². The minimum absolute atomic E-state index is 0.0116. The number of aliphatic hydroxyl groups excluding tert-OH is 1. The first-order valence-electron chi connectivity index (χ1n) is 12.6. The lowest BCUT2D eigenvalue weighted by molar-refractivity contribution is 0.0618. The lowest BCUT2D eigenvalue weighted by Crippen LogP contribution is -2.54. The van der Waals surface area contributed by atoms with Crippen molar-refractivity contribution in [2.75, 3.05) is 19.6 Å². The van der Waals surface area contributed by atoms with E-state index in [9.17, 15) is 9.90 Å². The molecule has 34 heavy (non-hydrogen) atoms. The Morgan fingerprint density at radius 1 is 1.03 bits per heavy atom. The number of nitrogens with zero attached hydrogens (tertiary/aromatic N) is 3. The normalized spacial score (nSPS) is 23.1. The number of aryl methyl sites for hydroxylation is 1. The van der Waals surface area contributed by atoms with Gasteiger partial charge in [-0.15, -0.1) is 0 Å². The SMILES string of the molecule is O=C(c1ncn([C@H]2CCCC[C@H]2O)c1-c1ccccc1)N1CCNCC1CCc1ccccc1. The van der Waals surface area contributed by atoms with Crippen LogP contribution >= 0.6 is 0 Å². The van der Waals surface area contributed by atoms with Gasteiger partial charge in [-0.1, -0.05) is 73.5 Å². The molecule has 1 saturated heterocycles. The Morgan fingerprint density at radius 2 is 1.76 bits per heavy atom. The fourth-order valence-corrected chi connectivity index (χ4v) is 5.47. The average molecular weight is 459 g/mol. The van der Waals surface area contributed by atoms with E-state index in [-0.39, 0.29) is 18.0 Å². The molecule has 1 amide bonds. The van der Waals surface area contributed by atoms with Crippen LogP contribution in [0.1, 0.15) is 54.2 Å². The van der Waals surface area contributed by atoms with E-state index in [0.29, 0.717) is 12.2 Å². The summed E-state index contributed by atoms with van der Waals surface area (Å²) in [5.41, 5.74) is 3.59. The fourth-order valence-electron chi connectivity index (χ4n) is 5.47. The maximum Gasteiger partial charge on any atom is 0.275 e. The molecule has 0 spiro atoms. The molecule has 1 unspecified atom stereocenters. The number of aromatic nitrogens is 2. The number of piperazine rings is 1. The number of carbonyl (C=O) groups excluding carboxylic acids is 1. The number of imidazole rings is 1. The molecule has 6 heteroatoms. The smallest absolute Gasteiger partial charge is 0.275 e. The second-order valence-electron chi connectivity index (χ2n) is 9.51. The van der Waals surface area contributed by atoms with Crippen molar-refractivity contribution in [2.24, 2.45) is 0 Å². The molecule has 1 saturated carbocycles. The summed E-state index contributed by atoms with van der Waals surface area (Å²) in [6, 6.07) is 20.6. The third kappa shape index (κ3) is 4.79. The number of hydrogen-bond donors (Lipinski definition) is 2. The number of nitrogens with one attached hydrogen (secondary N) is 1. The number of carbonyl (C=O) groups is 1. The molecule has 1 aliphatic carbocycles. The molecule has 2 fully saturated rings. The lowest BCUT2D eigenvalue weighted by atomic mass is 9.92. The van der Waals surface area contributed by atoms with E-state index >= 15 is 0 Å². The topological polar surface area (TPSA) is 70.4 Å². The molecule has 2 aromatic carbocycles. The van der Waals surface area contributed by atoms with Crippen LogP contribution in [0.3, 0.4) is 0 Å². The van der Waals surface area contributed by atoms with Gasteiger partial charge >= 0.3 is 0 Å². The summed E-state index contributed by atoms with van der Waals surface area (Å²) >= 11 is 0. The van der Waals surface area contributed by atoms with E-state index in [2.05, 4.69) is 39.1 Å². The molecule has 0 radical (unpaired) electrons. The van der Waals surface area contributed by atoms with Gasteiger partial charge in [-0.2, -0.15) is 0 Å². The van der Waals surface area contributed by atoms with E-state index in [1.165, 1.54) is 5.56 Å². The van der Waals surface area contributed by atoms with Crippen molar-refractivity contribution >= 4 is 5.91 Å². The molecule has 3 aromatic rings. The number of aliphatic hydroxyl groups is 1. The maximum absolute atomic E-state index is 14.0. The number of benzene rings is 2. The van der Waals surface area contributed by atoms with E-state index in [0.717, 1.165) is 62.9 Å². The second-order valence-corrected chi connectivity index (χ2v) is 9.51. The predicted molar refractivity (Wildman–Crippen MR) is 134 cm³/mol. The van der Waals surface area contributed by atoms with Gasteiger partial charge < -0.3 is 19.9 Å². The first-order chi connectivity index (χ1) is 16.7. The van der Waals surface area contributed by atoms with Crippen LogP contribution in [0.25, 0.3) is 11.3 Å². The quantitative estimate of drug-likeness (QED) is 0.584. The molecule has 5 rings (SSSR count). The second kappa shape index (κ2) is 10.5. The van der Waals surface area contributed by atoms with Crippen LogP contribution in [-0.2, 0) is 6.42 Å². The van der Waals surface area contributed by atoms with Crippen molar-refractivity contribution in [1.29, 1.82) is 0 Å². The van der Waals surface area contributed by atoms with Crippen molar-refractivity contribution in [3.05, 3.63) is 78.2 Å². The fraction of sp³-hybridized carbons (Fsp3) is 0.429. The summed E-state index contributed by atoms with van der Waals surface area (Å²) in [5.74, 6) is -0.0116. The molecule has 1 aliphatic heterocycles. The molecule has 178 valence electrons. The monoisotopic (exact) mass is 458 g/mol. The molecule has 2 heterocycles. The Labute approximate surface area is 201 Å². The van der Waals surface area contributed by atoms with E-state index < -0.39 is 6.10 Å². The number of amides is 1. The Hall–Kier alpha value is -2.96. The zero-order valence-corrected chi connectivity index (χ0v) is 19.6. The number of hydrogen-bond acceptors (Lipinski definition) is 4. The van der Waals surface area contributed by atoms with Gasteiger partial charge in [0.25, 0.3) is 5.91 Å². The zero-order chi connectivity index (χ0) is 23.3. The lowest BCUT2D eigenvalue weighted by Gasteiger charge is -2.36. The van der Waals surface area contributed by atoms with Crippen molar-refractivity contribution in [3.8, 4) is 11.3 Å². The van der Waals surface area contributed by atoms with Crippen LogP contribution in [0.2, 0.25) is 0 Å². The van der Waals surface area contributed by atoms with Crippen molar-refractivity contribution in [3.63, 3.8) is 0 Å². The van der Waals surface area contributed by atoms with Crippen LogP contribution in [0.4, 0.5) is 0 Å². The Kier molecular flexibility index (Phi) is 7.07. The highest BCUT2D eigenvalue weighted by Crippen LogP contribution is 2.35. The summed E-state index contributed by atoms with van der Waals surface area (Å²) in [6.07, 6.45) is 7.02. The van der Waals surface area contributed by atoms with Crippen LogP contribution in [0.5, 0.6) is 0 Å². The van der Waals surface area contributed by atoms with Gasteiger partial charge in [0.05, 0.1) is 24.2 Å². The summed E-state index contributed by atoms with van der Waals surface area (Å²) in [7, 11) is 0. The minimum atomic E-state index is -0.411. The van der Waals surface area contributed by atoms with Gasteiger partial charge in [-0.3, -0.25) is 4.79 Å². The standard InChI is InChI=1S/C28H34N4O2/c33-25-14-8-7-13-24(25)32-20-30-26(27(32)22-11-5-2-6-12-22)28(34)31-18-17-29-19-23(31)16-15-21-9-3-1-4-10-21/h1-6,9-12,20,23-25,29,33H,7-8,13-19H2/t23?,24-,25+/m0/s1. The molecule has 2 aliphatic rings. The first kappa shape index (κ1) is 22.8. The van der Waals surface area contributed by atoms with E-state index in [1.54, 1.807) is 6.33 Å². The van der Waals surface area contributed by atoms with Crippen molar-refractivity contribution in [1.82, 2.24) is 19.8 Å². The van der Waals surface area contributed by atoms with Gasteiger partial charge in [-0.05, 0) is 31.2 Å². The van der Waals surface area contributed by atoms with Gasteiger partial charge in [0.15, 0.2) is 5.69 Å². The van der Waals surface area contributed by atoms with E-state index in [1.807, 2.05) is 41.3 Å². The Balaban J connectivity index is 1.45. The predicted octanol–water partition coefficient (Wildman–Crippen LogP) is 4.07. The van der Waals surface area contributed by atoms with Crippen LogP contribution < -0.4 is 5.32 Å². The summed E-state index contributed by atoms with van der Waals surface area (Å²) < 4.78 is 2.06. The largest absolute Gasteiger partial charge is 0.391 e. The Morgan fingerprint density at radius 3 is 2.53 bits per heavy atom. The molecule has 6 nitrogen and oxygen atoms in total. The average Bonchev–Trinajstić information content (AvgIpc) is 3.33. The maximum atomic E-state index is 14.0. The van der Waals surface area contributed by atoms with Crippen LogP contribution in [0.15, 0.2) is 67.0 Å². The third-order valence-corrected chi connectivity index (χ3v) is 7.31. The Bertz CT molecular complexity index is 1080. The van der Waals surface area contributed by atoms with Crippen molar-refractivity contribution in [2.45, 2.75) is 56.7 Å². The van der Waals surface area contributed by atoms with Gasteiger partial charge in [-0.25, -0.2) is 4.98 Å². The summed E-state index contributed by atoms with van der Waals surface area (Å²) in [4.78, 5) is 20.6. The molecule has 1 aromatic heterocycles. The van der Waals surface area contributed by atoms with Crippen LogP contribution in [0, 0.1) is 0 Å². The molecular formula is C28H34N4O2. The highest BCUT2D eigenvalue weighted by molar-refractivity contribution is 5.98. The highest BCUT2D eigenvalue weighted by atomic mass is 16.3. The van der Waals surface area contributed by atoms with Crippen LogP contribution in [-0.4, -0.2) is 57.2 Å². The molecule has 2 N–H and O–H groups in total. The summed E-state index contributed by atoms with van der Waals surface area (Å²) in [6.45, 7) is 2.25. The zero-order valence-electron chi connectivity index (χ0n) is 19.6. The molecule has 3 atom stereocenters. The summed E-state index contributed by atoms with van der Waals surface area (Å²) in [5, 5.41) is 14.2. The molecule has 0 bridgehead atoms. The van der Waals surface area contributed by atoms with Gasteiger partial charge in [0.2, 0.25) is 0 Å². The molecular weight excluding hydrogens is 424 g/mol. The third-order valence-electron chi connectivity index (χ3n) is 7.31. The van der Waals surface area contributed by atoms with Gasteiger partial charge in [0, 0.05) is 31.2 Å². The minimum Gasteiger partial charge on any atom is -0.391 e. The number of rotatable bonds is 6.